The fourth-order valence-electron chi connectivity index (χ4n) is 3.24. The van der Waals surface area contributed by atoms with Crippen LogP contribution in [0.25, 0.3) is 0 Å². The van der Waals surface area contributed by atoms with Crippen molar-refractivity contribution in [2.45, 2.75) is 46.5 Å². The lowest BCUT2D eigenvalue weighted by Gasteiger charge is -2.36. The normalized spacial score (nSPS) is 21.2. The monoisotopic (exact) mass is 347 g/mol. The van der Waals surface area contributed by atoms with Gasteiger partial charge in [0.25, 0.3) is 5.69 Å². The Hall–Kier alpha value is -2.44. The molecule has 7 nitrogen and oxygen atoms in total. The average molecular weight is 347 g/mol. The van der Waals surface area contributed by atoms with Crippen molar-refractivity contribution in [3.63, 3.8) is 0 Å². The van der Waals surface area contributed by atoms with E-state index < -0.39 is 4.92 Å². The molecule has 1 aliphatic carbocycles. The molecule has 0 radical (unpaired) electrons. The number of hydrogen-bond acceptors (Lipinski definition) is 5. The number of nitrogens with zero attached hydrogens (tertiary/aromatic N) is 2. The van der Waals surface area contributed by atoms with Gasteiger partial charge in [0.15, 0.2) is 0 Å². The van der Waals surface area contributed by atoms with Crippen LogP contribution in [0.5, 0.6) is 5.75 Å². The van der Waals surface area contributed by atoms with E-state index >= 15 is 0 Å². The number of carbonyl (C=O) groups excluding carboxylic acids is 1. The van der Waals surface area contributed by atoms with Gasteiger partial charge in [0.05, 0.1) is 11.1 Å². The first-order valence-electron chi connectivity index (χ1n) is 8.49. The molecule has 136 valence electrons. The van der Waals surface area contributed by atoms with Gasteiger partial charge in [-0.15, -0.1) is 0 Å². The fourth-order valence-corrected chi connectivity index (χ4v) is 3.24. The lowest BCUT2D eigenvalue weighted by atomic mass is 9.70. The molecular weight excluding hydrogens is 322 g/mol. The highest BCUT2D eigenvalue weighted by Gasteiger charge is 2.32. The highest BCUT2D eigenvalue weighted by molar-refractivity contribution is 5.86. The summed E-state index contributed by atoms with van der Waals surface area (Å²) in [4.78, 5) is 22.4. The molecule has 0 saturated heterocycles. The summed E-state index contributed by atoms with van der Waals surface area (Å²) in [7, 11) is 0. The van der Waals surface area contributed by atoms with E-state index in [4.69, 9.17) is 0 Å². The van der Waals surface area contributed by atoms with E-state index in [0.29, 0.717) is 5.92 Å². The van der Waals surface area contributed by atoms with Gasteiger partial charge in [-0.25, -0.2) is 5.43 Å². The van der Waals surface area contributed by atoms with E-state index in [-0.39, 0.29) is 34.2 Å². The number of benzene rings is 1. The maximum atomic E-state index is 12.2. The third-order valence-corrected chi connectivity index (χ3v) is 4.92. The van der Waals surface area contributed by atoms with Crippen molar-refractivity contribution in [2.75, 3.05) is 0 Å². The number of hydrogen-bond donors (Lipinski definition) is 2. The van der Waals surface area contributed by atoms with Gasteiger partial charge in [0.2, 0.25) is 5.91 Å². The smallest absolute Gasteiger partial charge is 0.270 e. The standard InChI is InChI=1S/C18H25N3O4/c1-18(2,3)14-6-4-12(5-7-14)17(23)20-19-11-13-10-15(21(24)25)8-9-16(13)22/h8-12,14,22H,4-7H2,1-3H3,(H,20,23). The molecule has 1 fully saturated rings. The van der Waals surface area contributed by atoms with Gasteiger partial charge >= 0.3 is 0 Å². The zero-order valence-electron chi connectivity index (χ0n) is 14.9. The Morgan fingerprint density at radius 1 is 1.32 bits per heavy atom. The Kier molecular flexibility index (Phi) is 5.77. The number of nitro groups is 1. The van der Waals surface area contributed by atoms with E-state index in [0.717, 1.165) is 25.7 Å². The van der Waals surface area contributed by atoms with Gasteiger partial charge in [-0.3, -0.25) is 14.9 Å². The molecular formula is C18H25N3O4. The molecule has 25 heavy (non-hydrogen) atoms. The first kappa shape index (κ1) is 18.9. The number of phenols is 1. The highest BCUT2D eigenvalue weighted by atomic mass is 16.6. The van der Waals surface area contributed by atoms with E-state index in [9.17, 15) is 20.0 Å². The first-order chi connectivity index (χ1) is 11.7. The molecule has 0 aromatic heterocycles. The summed E-state index contributed by atoms with van der Waals surface area (Å²) in [6, 6.07) is 3.65. The highest BCUT2D eigenvalue weighted by Crippen LogP contribution is 2.39. The van der Waals surface area contributed by atoms with Crippen molar-refractivity contribution < 1.29 is 14.8 Å². The minimum Gasteiger partial charge on any atom is -0.507 e. The second-order valence-electron chi connectivity index (χ2n) is 7.65. The zero-order valence-corrected chi connectivity index (χ0v) is 14.9. The van der Waals surface area contributed by atoms with Crippen LogP contribution in [0.2, 0.25) is 0 Å². The Balaban J connectivity index is 1.91. The SMILES string of the molecule is CC(C)(C)C1CCC(C(=O)NN=Cc2cc([N+](=O)[O-])ccc2O)CC1. The van der Waals surface area contributed by atoms with Crippen LogP contribution in [-0.4, -0.2) is 22.2 Å². The molecule has 1 saturated carbocycles. The van der Waals surface area contributed by atoms with Gasteiger partial charge in [-0.05, 0) is 43.1 Å². The molecule has 1 aromatic carbocycles. The Bertz CT molecular complexity index is 671. The summed E-state index contributed by atoms with van der Waals surface area (Å²) in [6.07, 6.45) is 4.95. The molecule has 7 heteroatoms. The van der Waals surface area contributed by atoms with Gasteiger partial charge in [-0.1, -0.05) is 20.8 Å². The van der Waals surface area contributed by atoms with Crippen molar-refractivity contribution in [1.29, 1.82) is 0 Å². The van der Waals surface area contributed by atoms with Crippen LogP contribution in [0.3, 0.4) is 0 Å². The van der Waals surface area contributed by atoms with E-state index in [1.165, 1.54) is 24.4 Å². The molecule has 0 unspecified atom stereocenters. The maximum absolute atomic E-state index is 12.2. The number of amides is 1. The summed E-state index contributed by atoms with van der Waals surface area (Å²) >= 11 is 0. The molecule has 1 aromatic rings. The summed E-state index contributed by atoms with van der Waals surface area (Å²) in [5.41, 5.74) is 2.78. The van der Waals surface area contributed by atoms with Crippen LogP contribution < -0.4 is 5.43 Å². The number of aromatic hydroxyl groups is 1. The van der Waals surface area contributed by atoms with Crippen LogP contribution in [0.4, 0.5) is 5.69 Å². The maximum Gasteiger partial charge on any atom is 0.270 e. The van der Waals surface area contributed by atoms with Crippen LogP contribution >= 0.6 is 0 Å². The van der Waals surface area contributed by atoms with E-state index in [2.05, 4.69) is 31.3 Å². The topological polar surface area (TPSA) is 105 Å². The van der Waals surface area contributed by atoms with Gasteiger partial charge < -0.3 is 5.11 Å². The summed E-state index contributed by atoms with van der Waals surface area (Å²) < 4.78 is 0. The lowest BCUT2D eigenvalue weighted by Crippen LogP contribution is -2.33. The Morgan fingerprint density at radius 2 is 1.96 bits per heavy atom. The molecule has 2 rings (SSSR count). The van der Waals surface area contributed by atoms with Crippen LogP contribution in [-0.2, 0) is 4.79 Å². The zero-order chi connectivity index (χ0) is 18.6. The second kappa shape index (κ2) is 7.63. The lowest BCUT2D eigenvalue weighted by molar-refractivity contribution is -0.384. The molecule has 1 amide bonds. The largest absolute Gasteiger partial charge is 0.507 e. The third-order valence-electron chi connectivity index (χ3n) is 4.92. The third kappa shape index (κ3) is 5.01. The average Bonchev–Trinajstić information content (AvgIpc) is 2.55. The van der Waals surface area contributed by atoms with Crippen LogP contribution in [0.15, 0.2) is 23.3 Å². The van der Waals surface area contributed by atoms with Gasteiger partial charge in [0, 0.05) is 23.6 Å². The predicted octanol–water partition coefficient (Wildman–Crippen LogP) is 3.60. The summed E-state index contributed by atoms with van der Waals surface area (Å²) in [5.74, 6) is 0.291. The van der Waals surface area contributed by atoms with E-state index in [1.54, 1.807) is 0 Å². The minimum atomic E-state index is -0.553. The number of non-ortho nitro benzene ring substituents is 1. The molecule has 2 N–H and O–H groups in total. The van der Waals surface area contributed by atoms with Crippen molar-refractivity contribution in [3.05, 3.63) is 33.9 Å². The number of nitro benzene ring substituents is 1. The predicted molar refractivity (Wildman–Crippen MR) is 95.4 cm³/mol. The Morgan fingerprint density at radius 3 is 2.52 bits per heavy atom. The quantitative estimate of drug-likeness (QED) is 0.493. The molecule has 0 heterocycles. The van der Waals surface area contributed by atoms with Crippen LogP contribution in [0.1, 0.15) is 52.0 Å². The Labute approximate surface area is 147 Å². The molecule has 0 aliphatic heterocycles. The number of hydrazone groups is 1. The van der Waals surface area contributed by atoms with Crippen molar-refractivity contribution >= 4 is 17.8 Å². The van der Waals surface area contributed by atoms with Gasteiger partial charge in [-0.2, -0.15) is 5.10 Å². The van der Waals surface area contributed by atoms with Crippen molar-refractivity contribution in [1.82, 2.24) is 5.43 Å². The molecule has 0 atom stereocenters. The molecule has 1 aliphatic rings. The summed E-state index contributed by atoms with van der Waals surface area (Å²) in [6.45, 7) is 6.69. The number of carbonyl (C=O) groups is 1. The fraction of sp³-hybridized carbons (Fsp3) is 0.556. The number of rotatable bonds is 4. The van der Waals surface area contributed by atoms with Crippen molar-refractivity contribution in [2.24, 2.45) is 22.4 Å². The minimum absolute atomic E-state index is 0.0607. The van der Waals surface area contributed by atoms with Crippen LogP contribution in [0, 0.1) is 27.4 Å². The van der Waals surface area contributed by atoms with E-state index in [1.807, 2.05) is 0 Å². The van der Waals surface area contributed by atoms with Gasteiger partial charge in [0.1, 0.15) is 5.75 Å². The summed E-state index contributed by atoms with van der Waals surface area (Å²) in [5, 5.41) is 24.3. The second-order valence-corrected chi connectivity index (χ2v) is 7.65. The molecule has 0 bridgehead atoms. The first-order valence-corrected chi connectivity index (χ1v) is 8.49. The van der Waals surface area contributed by atoms with Crippen molar-refractivity contribution in [3.8, 4) is 5.75 Å². The molecule has 0 spiro atoms. The number of nitrogens with one attached hydrogen (secondary N) is 1. The number of phenolic OH excluding ortho intramolecular Hbond substituents is 1.